The Morgan fingerprint density at radius 1 is 1.39 bits per heavy atom. The molecule has 18 heavy (non-hydrogen) atoms. The second-order valence-electron chi connectivity index (χ2n) is 4.39. The number of fused-ring (bicyclic) bond motifs is 1. The van der Waals surface area contributed by atoms with Crippen LogP contribution in [0.1, 0.15) is 17.0 Å². The van der Waals surface area contributed by atoms with Crippen molar-refractivity contribution in [2.24, 2.45) is 0 Å². The molecule has 2 heterocycles. The minimum Gasteiger partial charge on any atom is -0.496 e. The summed E-state index contributed by atoms with van der Waals surface area (Å²) in [7, 11) is 1.73. The molecule has 0 aliphatic carbocycles. The van der Waals surface area contributed by atoms with E-state index in [0.29, 0.717) is 0 Å². The maximum atomic E-state index is 5.41. The third-order valence-corrected chi connectivity index (χ3v) is 4.10. The van der Waals surface area contributed by atoms with Gasteiger partial charge in [0.1, 0.15) is 11.6 Å². The van der Waals surface area contributed by atoms with E-state index in [2.05, 4.69) is 20.3 Å². The number of rotatable bonds is 2. The minimum absolute atomic E-state index is 0.853. The number of hydrogen-bond acceptors (Lipinski definition) is 5. The number of hydrogen-bond donors (Lipinski definition) is 0. The maximum absolute atomic E-state index is 5.41. The molecule has 0 N–H and O–H groups in total. The molecule has 0 unspecified atom stereocenters. The van der Waals surface area contributed by atoms with Gasteiger partial charge in [-0.05, 0) is 25.0 Å². The fourth-order valence-corrected chi connectivity index (χ4v) is 3.04. The molecular formula is C13H15N3OS. The predicted octanol–water partition coefficient (Wildman–Crippen LogP) is 2.42. The van der Waals surface area contributed by atoms with Crippen LogP contribution in [0.4, 0.5) is 5.13 Å². The molecule has 1 aliphatic heterocycles. The zero-order valence-electron chi connectivity index (χ0n) is 10.5. The van der Waals surface area contributed by atoms with Crippen molar-refractivity contribution in [2.45, 2.75) is 19.9 Å². The van der Waals surface area contributed by atoms with Gasteiger partial charge in [-0.25, -0.2) is 4.98 Å². The Hall–Kier alpha value is -1.62. The van der Waals surface area contributed by atoms with Crippen molar-refractivity contribution >= 4 is 16.7 Å². The van der Waals surface area contributed by atoms with E-state index in [-0.39, 0.29) is 0 Å². The Morgan fingerprint density at radius 2 is 2.28 bits per heavy atom. The fourth-order valence-electron chi connectivity index (χ4n) is 2.34. The van der Waals surface area contributed by atoms with Crippen LogP contribution in [0.15, 0.2) is 18.2 Å². The molecule has 2 aromatic rings. The first-order valence-electron chi connectivity index (χ1n) is 5.98. The third-order valence-electron chi connectivity index (χ3n) is 3.23. The number of benzene rings is 1. The molecule has 0 fully saturated rings. The Kier molecular flexibility index (Phi) is 2.91. The van der Waals surface area contributed by atoms with E-state index in [9.17, 15) is 0 Å². The Morgan fingerprint density at radius 3 is 3.00 bits per heavy atom. The molecule has 3 rings (SSSR count). The number of aromatic nitrogens is 2. The zero-order chi connectivity index (χ0) is 12.5. The molecule has 4 nitrogen and oxygen atoms in total. The van der Waals surface area contributed by atoms with Crippen LogP contribution in [0.2, 0.25) is 0 Å². The largest absolute Gasteiger partial charge is 0.496 e. The molecule has 1 aliphatic rings. The summed E-state index contributed by atoms with van der Waals surface area (Å²) in [4.78, 5) is 6.74. The molecule has 0 atom stereocenters. The molecule has 0 radical (unpaired) electrons. The molecule has 94 valence electrons. The molecule has 1 aromatic heterocycles. The van der Waals surface area contributed by atoms with Crippen LogP contribution < -0.4 is 9.64 Å². The first-order chi connectivity index (χ1) is 8.78. The highest BCUT2D eigenvalue weighted by Crippen LogP contribution is 2.30. The van der Waals surface area contributed by atoms with Gasteiger partial charge in [-0.2, -0.15) is 4.37 Å². The van der Waals surface area contributed by atoms with E-state index in [1.54, 1.807) is 7.11 Å². The van der Waals surface area contributed by atoms with Crippen LogP contribution in [-0.4, -0.2) is 23.0 Å². The van der Waals surface area contributed by atoms with Gasteiger partial charge in [0.05, 0.1) is 7.11 Å². The van der Waals surface area contributed by atoms with Gasteiger partial charge in [0, 0.05) is 30.2 Å². The van der Waals surface area contributed by atoms with Crippen LogP contribution in [0, 0.1) is 6.92 Å². The van der Waals surface area contributed by atoms with Crippen molar-refractivity contribution in [2.75, 3.05) is 18.6 Å². The summed E-state index contributed by atoms with van der Waals surface area (Å²) in [6.45, 7) is 3.80. The molecule has 0 amide bonds. The summed E-state index contributed by atoms with van der Waals surface area (Å²) >= 11 is 1.47. The summed E-state index contributed by atoms with van der Waals surface area (Å²) in [6.07, 6.45) is 0.998. The van der Waals surface area contributed by atoms with Gasteiger partial charge in [0.2, 0.25) is 5.13 Å². The van der Waals surface area contributed by atoms with E-state index >= 15 is 0 Å². The molecule has 0 bridgehead atoms. The molecule has 5 heteroatoms. The average molecular weight is 261 g/mol. The monoisotopic (exact) mass is 261 g/mol. The van der Waals surface area contributed by atoms with Crippen LogP contribution in [0.25, 0.3) is 0 Å². The zero-order valence-corrected chi connectivity index (χ0v) is 11.3. The lowest BCUT2D eigenvalue weighted by atomic mass is 9.99. The van der Waals surface area contributed by atoms with E-state index in [0.717, 1.165) is 36.2 Å². The lowest BCUT2D eigenvalue weighted by Crippen LogP contribution is -2.30. The van der Waals surface area contributed by atoms with Crippen LogP contribution in [-0.2, 0) is 13.0 Å². The highest BCUT2D eigenvalue weighted by molar-refractivity contribution is 7.09. The summed E-state index contributed by atoms with van der Waals surface area (Å²) < 4.78 is 9.66. The fraction of sp³-hybridized carbons (Fsp3) is 0.385. The molecule has 0 saturated heterocycles. The highest BCUT2D eigenvalue weighted by atomic mass is 32.1. The van der Waals surface area contributed by atoms with E-state index < -0.39 is 0 Å². The van der Waals surface area contributed by atoms with Crippen molar-refractivity contribution in [3.8, 4) is 5.75 Å². The van der Waals surface area contributed by atoms with Gasteiger partial charge < -0.3 is 9.64 Å². The molecular weight excluding hydrogens is 246 g/mol. The first-order valence-corrected chi connectivity index (χ1v) is 6.75. The lowest BCUT2D eigenvalue weighted by molar-refractivity contribution is 0.407. The maximum Gasteiger partial charge on any atom is 0.205 e. The Bertz CT molecular complexity index is 567. The summed E-state index contributed by atoms with van der Waals surface area (Å²) in [5, 5.41) is 1.01. The van der Waals surface area contributed by atoms with Gasteiger partial charge >= 0.3 is 0 Å². The number of methoxy groups -OCH3 is 1. The molecule has 0 saturated carbocycles. The summed E-state index contributed by atoms with van der Waals surface area (Å²) in [6, 6.07) is 6.24. The van der Waals surface area contributed by atoms with Gasteiger partial charge in [-0.15, -0.1) is 0 Å². The Labute approximate surface area is 110 Å². The highest BCUT2D eigenvalue weighted by Gasteiger charge is 2.21. The van der Waals surface area contributed by atoms with E-state index in [1.165, 1.54) is 22.7 Å². The van der Waals surface area contributed by atoms with E-state index in [1.807, 2.05) is 19.1 Å². The topological polar surface area (TPSA) is 38.2 Å². The standard InChI is InChI=1S/C13H15N3OS/c1-9-14-13(18-15-9)16-7-6-11-10(8-16)4-3-5-12(11)17-2/h3-5H,6-8H2,1-2H3. The smallest absolute Gasteiger partial charge is 0.205 e. The van der Waals surface area contributed by atoms with E-state index in [4.69, 9.17) is 4.74 Å². The molecule has 1 aromatic carbocycles. The summed E-state index contributed by atoms with van der Waals surface area (Å²) in [5.41, 5.74) is 2.66. The van der Waals surface area contributed by atoms with Crippen molar-refractivity contribution in [3.63, 3.8) is 0 Å². The quantitative estimate of drug-likeness (QED) is 0.832. The number of anilines is 1. The predicted molar refractivity (Wildman–Crippen MR) is 72.4 cm³/mol. The second kappa shape index (κ2) is 4.57. The van der Waals surface area contributed by atoms with Gasteiger partial charge in [-0.3, -0.25) is 0 Å². The number of nitrogens with zero attached hydrogens (tertiary/aromatic N) is 3. The second-order valence-corrected chi connectivity index (χ2v) is 5.12. The normalized spacial score (nSPS) is 14.4. The number of aryl methyl sites for hydroxylation is 1. The van der Waals surface area contributed by atoms with Crippen LogP contribution in [0.5, 0.6) is 5.75 Å². The van der Waals surface area contributed by atoms with Crippen LogP contribution >= 0.6 is 11.5 Å². The SMILES string of the molecule is COc1cccc2c1CCN(c1nc(C)ns1)C2. The van der Waals surface area contributed by atoms with Crippen molar-refractivity contribution < 1.29 is 4.74 Å². The number of ether oxygens (including phenoxy) is 1. The summed E-state index contributed by atoms with van der Waals surface area (Å²) in [5.74, 6) is 1.85. The van der Waals surface area contributed by atoms with Crippen LogP contribution in [0.3, 0.4) is 0 Å². The van der Waals surface area contributed by atoms with Crippen molar-refractivity contribution in [1.29, 1.82) is 0 Å². The van der Waals surface area contributed by atoms with Gasteiger partial charge in [0.25, 0.3) is 0 Å². The van der Waals surface area contributed by atoms with Crippen molar-refractivity contribution in [1.82, 2.24) is 9.36 Å². The van der Waals surface area contributed by atoms with Gasteiger partial charge in [0.15, 0.2) is 0 Å². The Balaban J connectivity index is 1.89. The minimum atomic E-state index is 0.853. The van der Waals surface area contributed by atoms with Gasteiger partial charge in [-0.1, -0.05) is 12.1 Å². The average Bonchev–Trinajstić information content (AvgIpc) is 2.84. The lowest BCUT2D eigenvalue weighted by Gasteiger charge is -2.29. The third kappa shape index (κ3) is 1.95. The molecule has 0 spiro atoms. The van der Waals surface area contributed by atoms with Crippen molar-refractivity contribution in [3.05, 3.63) is 35.2 Å². The first kappa shape index (κ1) is 11.5.